The van der Waals surface area contributed by atoms with E-state index in [0.29, 0.717) is 16.3 Å². The topological polar surface area (TPSA) is 95.5 Å². The molecule has 0 fully saturated rings. The summed E-state index contributed by atoms with van der Waals surface area (Å²) in [5, 5.41) is 14.9. The summed E-state index contributed by atoms with van der Waals surface area (Å²) >= 11 is 7.17. The first-order chi connectivity index (χ1) is 13.2. The molecule has 0 aliphatic rings. The average molecular weight is 459 g/mol. The SMILES string of the molecule is CC(C)c1cc(Cl)cc(C(C)C)c1NC(=O)NS(=O)(=O)c1cc(C(C)(C)O)cs1. The van der Waals surface area contributed by atoms with E-state index in [-0.39, 0.29) is 16.0 Å². The molecule has 9 heteroatoms. The van der Waals surface area contributed by atoms with Gasteiger partial charge in [0, 0.05) is 10.7 Å². The number of carbonyl (C=O) groups is 1. The number of halogens is 1. The predicted molar refractivity (Wildman–Crippen MR) is 119 cm³/mol. The highest BCUT2D eigenvalue weighted by Gasteiger charge is 2.25. The first-order valence-electron chi connectivity index (χ1n) is 9.21. The van der Waals surface area contributed by atoms with Crippen molar-refractivity contribution in [1.29, 1.82) is 0 Å². The van der Waals surface area contributed by atoms with Gasteiger partial charge in [0.15, 0.2) is 0 Å². The number of benzene rings is 1. The number of sulfonamides is 1. The zero-order valence-corrected chi connectivity index (χ0v) is 19.7. The fourth-order valence-electron chi connectivity index (χ4n) is 2.79. The zero-order chi connectivity index (χ0) is 22.1. The largest absolute Gasteiger partial charge is 0.386 e. The quantitative estimate of drug-likeness (QED) is 0.541. The summed E-state index contributed by atoms with van der Waals surface area (Å²) in [7, 11) is -4.07. The molecule has 1 aromatic carbocycles. The third-order valence-electron chi connectivity index (χ3n) is 4.42. The van der Waals surface area contributed by atoms with E-state index in [0.717, 1.165) is 22.5 Å². The minimum Gasteiger partial charge on any atom is -0.386 e. The first kappa shape index (κ1) is 23.7. The van der Waals surface area contributed by atoms with E-state index >= 15 is 0 Å². The van der Waals surface area contributed by atoms with Crippen molar-refractivity contribution in [2.24, 2.45) is 0 Å². The summed E-state index contributed by atoms with van der Waals surface area (Å²) in [5.41, 5.74) is 1.51. The summed E-state index contributed by atoms with van der Waals surface area (Å²) in [4.78, 5) is 12.6. The van der Waals surface area contributed by atoms with Crippen LogP contribution in [0.25, 0.3) is 0 Å². The van der Waals surface area contributed by atoms with Crippen molar-refractivity contribution in [1.82, 2.24) is 4.72 Å². The number of amides is 2. The Labute approximate surface area is 181 Å². The number of thiophene rings is 1. The van der Waals surface area contributed by atoms with Crippen LogP contribution in [-0.2, 0) is 15.6 Å². The van der Waals surface area contributed by atoms with E-state index in [1.54, 1.807) is 31.4 Å². The second-order valence-corrected chi connectivity index (χ2v) is 11.3. The molecule has 0 spiro atoms. The lowest BCUT2D eigenvalue weighted by molar-refractivity contribution is 0.0789. The Hall–Kier alpha value is -1.61. The maximum atomic E-state index is 12.6. The molecular formula is C20H27ClN2O4S2. The Morgan fingerprint density at radius 2 is 1.62 bits per heavy atom. The smallest absolute Gasteiger partial charge is 0.333 e. The van der Waals surface area contributed by atoms with Crippen molar-refractivity contribution < 1.29 is 18.3 Å². The van der Waals surface area contributed by atoms with Crippen molar-refractivity contribution in [2.75, 3.05) is 5.32 Å². The Kier molecular flexibility index (Phi) is 7.05. The molecular weight excluding hydrogens is 432 g/mol. The second kappa shape index (κ2) is 8.63. The lowest BCUT2D eigenvalue weighted by atomic mass is 9.92. The van der Waals surface area contributed by atoms with Gasteiger partial charge in [-0.15, -0.1) is 11.3 Å². The fraction of sp³-hybridized carbons (Fsp3) is 0.450. The van der Waals surface area contributed by atoms with Gasteiger partial charge in [0.05, 0.1) is 5.60 Å². The number of rotatable bonds is 6. The number of hydrogen-bond donors (Lipinski definition) is 3. The molecule has 0 atom stereocenters. The maximum absolute atomic E-state index is 12.6. The molecule has 0 unspecified atom stereocenters. The van der Waals surface area contributed by atoms with Gasteiger partial charge < -0.3 is 10.4 Å². The Morgan fingerprint density at radius 3 is 2.03 bits per heavy atom. The monoisotopic (exact) mass is 458 g/mol. The third kappa shape index (κ3) is 5.72. The van der Waals surface area contributed by atoms with Gasteiger partial charge in [-0.25, -0.2) is 17.9 Å². The van der Waals surface area contributed by atoms with Crippen LogP contribution in [0.2, 0.25) is 5.02 Å². The van der Waals surface area contributed by atoms with Crippen LogP contribution in [0.3, 0.4) is 0 Å². The van der Waals surface area contributed by atoms with E-state index < -0.39 is 21.7 Å². The first-order valence-corrected chi connectivity index (χ1v) is 11.9. The van der Waals surface area contributed by atoms with Crippen LogP contribution in [0.15, 0.2) is 27.8 Å². The lowest BCUT2D eigenvalue weighted by Crippen LogP contribution is -2.34. The van der Waals surface area contributed by atoms with Gasteiger partial charge in [-0.2, -0.15) is 0 Å². The number of carbonyl (C=O) groups excluding carboxylic acids is 1. The van der Waals surface area contributed by atoms with Gasteiger partial charge in [0.25, 0.3) is 10.0 Å². The molecule has 2 amide bonds. The summed E-state index contributed by atoms with van der Waals surface area (Å²) in [6.07, 6.45) is 0. The lowest BCUT2D eigenvalue weighted by Gasteiger charge is -2.21. The van der Waals surface area contributed by atoms with E-state index in [1.807, 2.05) is 27.7 Å². The molecule has 0 aliphatic carbocycles. The molecule has 0 aliphatic heterocycles. The molecule has 6 nitrogen and oxygen atoms in total. The normalized spacial score (nSPS) is 12.5. The highest BCUT2D eigenvalue weighted by atomic mass is 35.5. The van der Waals surface area contributed by atoms with Gasteiger partial charge in [-0.3, -0.25) is 0 Å². The summed E-state index contributed by atoms with van der Waals surface area (Å²) < 4.78 is 27.2. The van der Waals surface area contributed by atoms with Gasteiger partial charge in [-0.1, -0.05) is 39.3 Å². The predicted octanol–water partition coefficient (Wildman–Crippen LogP) is 5.39. The van der Waals surface area contributed by atoms with Crippen LogP contribution in [0.5, 0.6) is 0 Å². The number of urea groups is 1. The number of nitrogens with one attached hydrogen (secondary N) is 2. The van der Waals surface area contributed by atoms with Crippen LogP contribution >= 0.6 is 22.9 Å². The van der Waals surface area contributed by atoms with E-state index in [4.69, 9.17) is 11.6 Å². The molecule has 0 radical (unpaired) electrons. The number of anilines is 1. The van der Waals surface area contributed by atoms with Gasteiger partial charge in [-0.05, 0) is 66.0 Å². The third-order valence-corrected chi connectivity index (χ3v) is 7.41. The molecule has 3 N–H and O–H groups in total. The van der Waals surface area contributed by atoms with E-state index in [9.17, 15) is 18.3 Å². The number of aliphatic hydroxyl groups is 1. The molecule has 1 heterocycles. The standard InChI is InChI=1S/C20H27ClN2O4S2/c1-11(2)15-8-14(21)9-16(12(3)4)18(15)22-19(24)23-29(26,27)17-7-13(10-28-17)20(5,6)25/h7-12,25H,1-6H3,(H2,22,23,24). The minimum absolute atomic E-state index is 0.0472. The molecule has 1 aromatic heterocycles. The molecule has 2 aromatic rings. The second-order valence-electron chi connectivity index (χ2n) is 8.04. The van der Waals surface area contributed by atoms with E-state index in [1.165, 1.54) is 6.07 Å². The van der Waals surface area contributed by atoms with Crippen LogP contribution in [0.4, 0.5) is 10.5 Å². The summed E-state index contributed by atoms with van der Waals surface area (Å²) in [5.74, 6) is 0.148. The zero-order valence-electron chi connectivity index (χ0n) is 17.3. The average Bonchev–Trinajstić information content (AvgIpc) is 3.06. The fourth-order valence-corrected chi connectivity index (χ4v) is 5.28. The summed E-state index contributed by atoms with van der Waals surface area (Å²) in [6.45, 7) is 11.0. The number of hydrogen-bond acceptors (Lipinski definition) is 5. The Bertz CT molecular complexity index is 977. The van der Waals surface area contributed by atoms with Gasteiger partial charge in [0.2, 0.25) is 0 Å². The molecule has 0 saturated heterocycles. The Balaban J connectivity index is 2.32. The highest BCUT2D eigenvalue weighted by molar-refractivity contribution is 7.92. The van der Waals surface area contributed by atoms with Gasteiger partial charge in [0.1, 0.15) is 4.21 Å². The Morgan fingerprint density at radius 1 is 1.10 bits per heavy atom. The maximum Gasteiger partial charge on any atom is 0.333 e. The van der Waals surface area contributed by atoms with E-state index in [2.05, 4.69) is 10.0 Å². The molecule has 160 valence electrons. The molecule has 0 saturated carbocycles. The van der Waals surface area contributed by atoms with Gasteiger partial charge >= 0.3 is 6.03 Å². The van der Waals surface area contributed by atoms with Crippen LogP contribution in [0, 0.1) is 0 Å². The van der Waals surface area contributed by atoms with Crippen molar-refractivity contribution in [3.8, 4) is 0 Å². The molecule has 2 rings (SSSR count). The summed E-state index contributed by atoms with van der Waals surface area (Å²) in [6, 6.07) is 4.06. The van der Waals surface area contributed by atoms with Crippen molar-refractivity contribution >= 4 is 44.7 Å². The highest BCUT2D eigenvalue weighted by Crippen LogP contribution is 2.35. The van der Waals surface area contributed by atoms with Crippen molar-refractivity contribution in [3.05, 3.63) is 45.3 Å². The molecule has 0 bridgehead atoms. The van der Waals surface area contributed by atoms with Crippen molar-refractivity contribution in [2.45, 2.75) is 63.2 Å². The van der Waals surface area contributed by atoms with Crippen molar-refractivity contribution in [3.63, 3.8) is 0 Å². The van der Waals surface area contributed by atoms with Crippen LogP contribution in [0.1, 0.15) is 70.1 Å². The minimum atomic E-state index is -4.07. The van der Waals surface area contributed by atoms with Crippen LogP contribution in [-0.4, -0.2) is 19.6 Å². The van der Waals surface area contributed by atoms with Crippen LogP contribution < -0.4 is 10.0 Å². The molecule has 29 heavy (non-hydrogen) atoms.